The van der Waals surface area contributed by atoms with Crippen molar-refractivity contribution in [3.63, 3.8) is 0 Å². The minimum atomic E-state index is -1.20. The first kappa shape index (κ1) is 21.0. The van der Waals surface area contributed by atoms with E-state index < -0.39 is 17.5 Å². The predicted octanol–water partition coefficient (Wildman–Crippen LogP) is 0.704. The molecule has 1 aromatic carbocycles. The Hall–Kier alpha value is -2.32. The summed E-state index contributed by atoms with van der Waals surface area (Å²) in [4.78, 5) is 40.6. The SMILES string of the molecule is COc1ccc(C2(C)NC(=O)N(CC(=O)N3CCNCC3C)C2=O)cc1.Cl. The molecule has 27 heavy (non-hydrogen) atoms. The number of urea groups is 1. The highest BCUT2D eigenvalue weighted by Gasteiger charge is 2.49. The van der Waals surface area contributed by atoms with Crippen LogP contribution in [0.15, 0.2) is 24.3 Å². The van der Waals surface area contributed by atoms with Crippen LogP contribution in [0.1, 0.15) is 19.4 Å². The number of carbonyl (C=O) groups excluding carboxylic acids is 3. The van der Waals surface area contributed by atoms with E-state index in [1.807, 2.05) is 6.92 Å². The molecule has 2 fully saturated rings. The summed E-state index contributed by atoms with van der Waals surface area (Å²) in [6, 6.07) is 6.42. The monoisotopic (exact) mass is 396 g/mol. The fourth-order valence-electron chi connectivity index (χ4n) is 3.40. The molecule has 2 saturated heterocycles. The molecule has 3 rings (SSSR count). The van der Waals surface area contributed by atoms with Crippen LogP contribution < -0.4 is 15.4 Å². The molecule has 0 aromatic heterocycles. The fraction of sp³-hybridized carbons (Fsp3) is 0.500. The Morgan fingerprint density at radius 3 is 2.56 bits per heavy atom. The number of carbonyl (C=O) groups is 3. The van der Waals surface area contributed by atoms with Crippen LogP contribution in [-0.2, 0) is 15.1 Å². The van der Waals surface area contributed by atoms with Gasteiger partial charge in [-0.1, -0.05) is 12.1 Å². The average molecular weight is 397 g/mol. The number of hydrogen-bond donors (Lipinski definition) is 2. The van der Waals surface area contributed by atoms with E-state index >= 15 is 0 Å². The quantitative estimate of drug-likeness (QED) is 0.731. The second-order valence-corrected chi connectivity index (χ2v) is 6.82. The second kappa shape index (κ2) is 8.14. The summed E-state index contributed by atoms with van der Waals surface area (Å²) in [6.45, 7) is 5.32. The molecular formula is C18H25ClN4O4. The van der Waals surface area contributed by atoms with E-state index in [4.69, 9.17) is 4.74 Å². The molecule has 2 aliphatic rings. The van der Waals surface area contributed by atoms with Crippen LogP contribution in [0.2, 0.25) is 0 Å². The number of ether oxygens (including phenoxy) is 1. The minimum absolute atomic E-state index is 0. The molecule has 2 aliphatic heterocycles. The molecule has 8 nitrogen and oxygen atoms in total. The van der Waals surface area contributed by atoms with Crippen molar-refractivity contribution in [1.29, 1.82) is 0 Å². The lowest BCUT2D eigenvalue weighted by Gasteiger charge is -2.34. The van der Waals surface area contributed by atoms with Gasteiger partial charge in [0.15, 0.2) is 0 Å². The molecule has 0 aliphatic carbocycles. The van der Waals surface area contributed by atoms with Gasteiger partial charge in [-0.05, 0) is 31.5 Å². The van der Waals surface area contributed by atoms with E-state index in [2.05, 4.69) is 10.6 Å². The van der Waals surface area contributed by atoms with Crippen LogP contribution in [0.25, 0.3) is 0 Å². The number of imide groups is 1. The van der Waals surface area contributed by atoms with Gasteiger partial charge >= 0.3 is 6.03 Å². The highest BCUT2D eigenvalue weighted by molar-refractivity contribution is 6.09. The van der Waals surface area contributed by atoms with Crippen molar-refractivity contribution in [2.45, 2.75) is 25.4 Å². The van der Waals surface area contributed by atoms with Crippen LogP contribution in [0, 0.1) is 0 Å². The maximum Gasteiger partial charge on any atom is 0.325 e. The number of nitrogens with one attached hydrogen (secondary N) is 2. The molecule has 0 saturated carbocycles. The van der Waals surface area contributed by atoms with Crippen molar-refractivity contribution in [1.82, 2.24) is 20.4 Å². The number of methoxy groups -OCH3 is 1. The van der Waals surface area contributed by atoms with Crippen molar-refractivity contribution in [3.05, 3.63) is 29.8 Å². The van der Waals surface area contributed by atoms with Crippen molar-refractivity contribution in [2.75, 3.05) is 33.3 Å². The Bertz CT molecular complexity index is 727. The number of amides is 4. The molecular weight excluding hydrogens is 372 g/mol. The number of halogens is 1. The first-order valence-electron chi connectivity index (χ1n) is 8.65. The van der Waals surface area contributed by atoms with Crippen LogP contribution in [-0.4, -0.2) is 67.0 Å². The third-order valence-corrected chi connectivity index (χ3v) is 5.06. The van der Waals surface area contributed by atoms with Crippen molar-refractivity contribution < 1.29 is 19.1 Å². The third-order valence-electron chi connectivity index (χ3n) is 5.06. The van der Waals surface area contributed by atoms with E-state index in [1.165, 1.54) is 0 Å². The molecule has 4 amide bonds. The number of piperazine rings is 1. The molecule has 1 aromatic rings. The Morgan fingerprint density at radius 2 is 1.96 bits per heavy atom. The Morgan fingerprint density at radius 1 is 1.30 bits per heavy atom. The molecule has 148 valence electrons. The van der Waals surface area contributed by atoms with Gasteiger partial charge in [0.2, 0.25) is 5.91 Å². The van der Waals surface area contributed by atoms with Crippen LogP contribution in [0.5, 0.6) is 5.75 Å². The first-order valence-corrected chi connectivity index (χ1v) is 8.65. The van der Waals surface area contributed by atoms with Crippen LogP contribution in [0.4, 0.5) is 4.79 Å². The van der Waals surface area contributed by atoms with Gasteiger partial charge in [-0.25, -0.2) is 4.79 Å². The summed E-state index contributed by atoms with van der Waals surface area (Å²) in [5.74, 6) is 0.0131. The zero-order valence-corrected chi connectivity index (χ0v) is 16.5. The number of hydrogen-bond acceptors (Lipinski definition) is 5. The second-order valence-electron chi connectivity index (χ2n) is 6.82. The molecule has 0 radical (unpaired) electrons. The molecule has 2 unspecified atom stereocenters. The standard InChI is InChI=1S/C18H24N4O4.ClH/c1-12-10-19-8-9-21(12)15(23)11-22-16(24)18(2,20-17(22)25)13-4-6-14(26-3)7-5-13;/h4-7,12,19H,8-11H2,1-3H3,(H,20,25);1H. The van der Waals surface area contributed by atoms with Gasteiger partial charge in [0.25, 0.3) is 5.91 Å². The summed E-state index contributed by atoms with van der Waals surface area (Å²) in [5, 5.41) is 5.93. The summed E-state index contributed by atoms with van der Waals surface area (Å²) in [7, 11) is 1.56. The van der Waals surface area contributed by atoms with Crippen LogP contribution >= 0.6 is 12.4 Å². The van der Waals surface area contributed by atoms with Gasteiger partial charge in [0.05, 0.1) is 7.11 Å². The summed E-state index contributed by atoms with van der Waals surface area (Å²) in [6.07, 6.45) is 0. The minimum Gasteiger partial charge on any atom is -0.497 e. The Balaban J connectivity index is 0.00000261. The number of benzene rings is 1. The summed E-state index contributed by atoms with van der Waals surface area (Å²) < 4.78 is 5.13. The van der Waals surface area contributed by atoms with E-state index in [0.29, 0.717) is 30.9 Å². The molecule has 2 heterocycles. The topological polar surface area (TPSA) is 91.0 Å². The number of rotatable bonds is 4. The predicted molar refractivity (Wildman–Crippen MR) is 102 cm³/mol. The van der Waals surface area contributed by atoms with Crippen molar-refractivity contribution in [2.24, 2.45) is 0 Å². The molecule has 0 spiro atoms. The van der Waals surface area contributed by atoms with E-state index in [0.717, 1.165) is 4.90 Å². The normalized spacial score (nSPS) is 25.1. The zero-order chi connectivity index (χ0) is 18.9. The average Bonchev–Trinajstić information content (AvgIpc) is 2.86. The Kier molecular flexibility index (Phi) is 6.33. The fourth-order valence-corrected chi connectivity index (χ4v) is 3.40. The molecule has 9 heteroatoms. The van der Waals surface area contributed by atoms with Gasteiger partial charge in [0.1, 0.15) is 17.8 Å². The van der Waals surface area contributed by atoms with Crippen molar-refractivity contribution in [3.8, 4) is 5.75 Å². The molecule has 2 N–H and O–H groups in total. The maximum absolute atomic E-state index is 12.9. The van der Waals surface area contributed by atoms with Gasteiger partial charge in [-0.15, -0.1) is 12.4 Å². The lowest BCUT2D eigenvalue weighted by molar-refractivity contribution is -0.140. The van der Waals surface area contributed by atoms with E-state index in [1.54, 1.807) is 43.2 Å². The van der Waals surface area contributed by atoms with E-state index in [9.17, 15) is 14.4 Å². The van der Waals surface area contributed by atoms with Gasteiger partial charge < -0.3 is 20.3 Å². The maximum atomic E-state index is 12.9. The molecule has 0 bridgehead atoms. The molecule has 2 atom stereocenters. The zero-order valence-electron chi connectivity index (χ0n) is 15.7. The Labute approximate surface area is 164 Å². The summed E-state index contributed by atoms with van der Waals surface area (Å²) >= 11 is 0. The van der Waals surface area contributed by atoms with Gasteiger partial charge in [-0.2, -0.15) is 0 Å². The number of nitrogens with zero attached hydrogens (tertiary/aromatic N) is 2. The first-order chi connectivity index (χ1) is 12.4. The van der Waals surface area contributed by atoms with E-state index in [-0.39, 0.29) is 30.9 Å². The van der Waals surface area contributed by atoms with Gasteiger partial charge in [-0.3, -0.25) is 14.5 Å². The largest absolute Gasteiger partial charge is 0.497 e. The van der Waals surface area contributed by atoms with Crippen LogP contribution in [0.3, 0.4) is 0 Å². The summed E-state index contributed by atoms with van der Waals surface area (Å²) in [5.41, 5.74) is -0.555. The van der Waals surface area contributed by atoms with Gasteiger partial charge in [0, 0.05) is 25.7 Å². The third kappa shape index (κ3) is 3.86. The van der Waals surface area contributed by atoms with Crippen molar-refractivity contribution >= 4 is 30.3 Å². The highest BCUT2D eigenvalue weighted by Crippen LogP contribution is 2.30. The lowest BCUT2D eigenvalue weighted by atomic mass is 9.92. The lowest BCUT2D eigenvalue weighted by Crippen LogP contribution is -2.55. The highest BCUT2D eigenvalue weighted by atomic mass is 35.5. The smallest absolute Gasteiger partial charge is 0.325 e.